The van der Waals surface area contributed by atoms with E-state index in [4.69, 9.17) is 5.73 Å². The third-order valence-electron chi connectivity index (χ3n) is 2.18. The van der Waals surface area contributed by atoms with Gasteiger partial charge in [0.25, 0.3) is 0 Å². The molecule has 1 fully saturated rings. The number of hydrogen-bond acceptors (Lipinski definition) is 3. The van der Waals surface area contributed by atoms with Gasteiger partial charge in [0.2, 0.25) is 5.91 Å². The molecule has 0 aromatic carbocycles. The van der Waals surface area contributed by atoms with Gasteiger partial charge in [-0.05, 0) is 6.92 Å². The number of carbonyl (C=O) groups excluding carboxylic acids is 1. The maximum atomic E-state index is 11.4. The van der Waals surface area contributed by atoms with Gasteiger partial charge < -0.3 is 16.0 Å². The van der Waals surface area contributed by atoms with Crippen molar-refractivity contribution in [3.8, 4) is 0 Å². The number of nitrogens with two attached hydrogens (primary N) is 1. The zero-order chi connectivity index (χ0) is 8.97. The van der Waals surface area contributed by atoms with Gasteiger partial charge in [0.15, 0.2) is 0 Å². The number of amides is 1. The van der Waals surface area contributed by atoms with Crippen LogP contribution in [0.4, 0.5) is 0 Å². The molecule has 0 saturated carbocycles. The molecule has 0 unspecified atom stereocenters. The van der Waals surface area contributed by atoms with Gasteiger partial charge in [-0.3, -0.25) is 4.79 Å². The highest BCUT2D eigenvalue weighted by Gasteiger charge is 2.21. The molecule has 1 atom stereocenters. The van der Waals surface area contributed by atoms with E-state index in [2.05, 4.69) is 12.2 Å². The summed E-state index contributed by atoms with van der Waals surface area (Å²) in [5.74, 6) is 0.187. The maximum absolute atomic E-state index is 11.4. The summed E-state index contributed by atoms with van der Waals surface area (Å²) in [5, 5.41) is 3.24. The molecule has 1 aliphatic rings. The molecular formula is C8H17N3O. The van der Waals surface area contributed by atoms with Crippen molar-refractivity contribution in [2.45, 2.75) is 19.4 Å². The molecule has 4 heteroatoms. The third kappa shape index (κ3) is 2.19. The minimum absolute atomic E-state index is 0.187. The number of carbonyl (C=O) groups is 1. The van der Waals surface area contributed by atoms with Crippen LogP contribution in [0.2, 0.25) is 0 Å². The van der Waals surface area contributed by atoms with Crippen molar-refractivity contribution < 1.29 is 4.79 Å². The molecule has 0 radical (unpaired) electrons. The van der Waals surface area contributed by atoms with Gasteiger partial charge in [0.1, 0.15) is 0 Å². The Balaban J connectivity index is 2.42. The molecule has 1 heterocycles. The van der Waals surface area contributed by atoms with Crippen molar-refractivity contribution in [3.63, 3.8) is 0 Å². The molecule has 12 heavy (non-hydrogen) atoms. The number of rotatable bonds is 2. The molecule has 0 aliphatic carbocycles. The predicted molar refractivity (Wildman–Crippen MR) is 47.7 cm³/mol. The van der Waals surface area contributed by atoms with Gasteiger partial charge in [0, 0.05) is 38.6 Å². The topological polar surface area (TPSA) is 58.4 Å². The molecule has 0 spiro atoms. The van der Waals surface area contributed by atoms with Crippen LogP contribution in [0, 0.1) is 0 Å². The van der Waals surface area contributed by atoms with Gasteiger partial charge >= 0.3 is 0 Å². The Morgan fingerprint density at radius 1 is 1.75 bits per heavy atom. The second kappa shape index (κ2) is 4.42. The van der Waals surface area contributed by atoms with E-state index in [1.165, 1.54) is 0 Å². The quantitative estimate of drug-likeness (QED) is 0.569. The van der Waals surface area contributed by atoms with E-state index < -0.39 is 0 Å². The maximum Gasteiger partial charge on any atom is 0.224 e. The van der Waals surface area contributed by atoms with Crippen LogP contribution in [0.5, 0.6) is 0 Å². The minimum Gasteiger partial charge on any atom is -0.337 e. The highest BCUT2D eigenvalue weighted by atomic mass is 16.2. The molecule has 4 nitrogen and oxygen atoms in total. The Morgan fingerprint density at radius 3 is 3.08 bits per heavy atom. The zero-order valence-corrected chi connectivity index (χ0v) is 7.55. The average molecular weight is 171 g/mol. The smallest absolute Gasteiger partial charge is 0.224 e. The van der Waals surface area contributed by atoms with E-state index in [1.54, 1.807) is 0 Å². The van der Waals surface area contributed by atoms with Crippen molar-refractivity contribution in [3.05, 3.63) is 0 Å². The minimum atomic E-state index is 0.187. The van der Waals surface area contributed by atoms with E-state index in [1.807, 2.05) is 4.90 Å². The van der Waals surface area contributed by atoms with Crippen LogP contribution in [-0.4, -0.2) is 43.0 Å². The standard InChI is InChI=1S/C8H17N3O/c1-7-6-10-4-5-11(7)8(12)2-3-9/h7,10H,2-6,9H2,1H3/t7-/m1/s1. The predicted octanol–water partition coefficient (Wildman–Crippen LogP) is -0.844. The molecule has 0 aromatic rings. The second-order valence-electron chi connectivity index (χ2n) is 3.18. The van der Waals surface area contributed by atoms with Crippen molar-refractivity contribution in [1.82, 2.24) is 10.2 Å². The summed E-state index contributed by atoms with van der Waals surface area (Å²) in [6, 6.07) is 0.317. The van der Waals surface area contributed by atoms with Crippen LogP contribution < -0.4 is 11.1 Å². The summed E-state index contributed by atoms with van der Waals surface area (Å²) in [6.45, 7) is 5.13. The Morgan fingerprint density at radius 2 is 2.50 bits per heavy atom. The second-order valence-corrected chi connectivity index (χ2v) is 3.18. The van der Waals surface area contributed by atoms with Crippen LogP contribution >= 0.6 is 0 Å². The summed E-state index contributed by atoms with van der Waals surface area (Å²) < 4.78 is 0. The molecule has 1 aliphatic heterocycles. The van der Waals surface area contributed by atoms with E-state index in [9.17, 15) is 4.79 Å². The fraction of sp³-hybridized carbons (Fsp3) is 0.875. The molecule has 1 saturated heterocycles. The van der Waals surface area contributed by atoms with Gasteiger partial charge in [-0.15, -0.1) is 0 Å². The van der Waals surface area contributed by atoms with Crippen LogP contribution in [0.15, 0.2) is 0 Å². The number of piperazine rings is 1. The Labute approximate surface area is 73.1 Å². The first-order valence-corrected chi connectivity index (χ1v) is 4.46. The van der Waals surface area contributed by atoms with Crippen molar-refractivity contribution in [2.24, 2.45) is 5.73 Å². The van der Waals surface area contributed by atoms with Crippen LogP contribution in [0.1, 0.15) is 13.3 Å². The molecule has 70 valence electrons. The first-order chi connectivity index (χ1) is 5.75. The third-order valence-corrected chi connectivity index (χ3v) is 2.18. The summed E-state index contributed by atoms with van der Waals surface area (Å²) in [7, 11) is 0. The SMILES string of the molecule is C[C@@H]1CNCCN1C(=O)CCN. The Kier molecular flexibility index (Phi) is 3.49. The lowest BCUT2D eigenvalue weighted by Gasteiger charge is -2.33. The van der Waals surface area contributed by atoms with Crippen LogP contribution in [0.25, 0.3) is 0 Å². The Hall–Kier alpha value is -0.610. The lowest BCUT2D eigenvalue weighted by molar-refractivity contribution is -0.133. The molecule has 1 rings (SSSR count). The zero-order valence-electron chi connectivity index (χ0n) is 7.55. The van der Waals surface area contributed by atoms with E-state index in [0.29, 0.717) is 19.0 Å². The highest BCUT2D eigenvalue weighted by Crippen LogP contribution is 2.03. The summed E-state index contributed by atoms with van der Waals surface area (Å²) in [4.78, 5) is 13.3. The summed E-state index contributed by atoms with van der Waals surface area (Å²) in [5.41, 5.74) is 5.32. The number of nitrogens with one attached hydrogen (secondary N) is 1. The fourth-order valence-corrected chi connectivity index (χ4v) is 1.48. The molecule has 0 aromatic heterocycles. The van der Waals surface area contributed by atoms with Gasteiger partial charge in [0.05, 0.1) is 0 Å². The Bertz CT molecular complexity index is 160. The van der Waals surface area contributed by atoms with E-state index in [0.717, 1.165) is 19.6 Å². The lowest BCUT2D eigenvalue weighted by atomic mass is 10.2. The van der Waals surface area contributed by atoms with Crippen molar-refractivity contribution in [2.75, 3.05) is 26.2 Å². The van der Waals surface area contributed by atoms with Gasteiger partial charge in [-0.1, -0.05) is 0 Å². The van der Waals surface area contributed by atoms with Gasteiger partial charge in [-0.25, -0.2) is 0 Å². The van der Waals surface area contributed by atoms with E-state index >= 15 is 0 Å². The normalized spacial score (nSPS) is 24.2. The molecule has 0 bridgehead atoms. The summed E-state index contributed by atoms with van der Waals surface area (Å²) >= 11 is 0. The highest BCUT2D eigenvalue weighted by molar-refractivity contribution is 5.76. The van der Waals surface area contributed by atoms with Crippen molar-refractivity contribution in [1.29, 1.82) is 0 Å². The molecular weight excluding hydrogens is 154 g/mol. The van der Waals surface area contributed by atoms with Crippen LogP contribution in [0.3, 0.4) is 0 Å². The summed E-state index contributed by atoms with van der Waals surface area (Å²) in [6.07, 6.45) is 0.477. The van der Waals surface area contributed by atoms with Gasteiger partial charge in [-0.2, -0.15) is 0 Å². The monoisotopic (exact) mass is 171 g/mol. The first-order valence-electron chi connectivity index (χ1n) is 4.46. The number of nitrogens with zero attached hydrogens (tertiary/aromatic N) is 1. The fourth-order valence-electron chi connectivity index (χ4n) is 1.48. The van der Waals surface area contributed by atoms with Crippen molar-refractivity contribution >= 4 is 5.91 Å². The van der Waals surface area contributed by atoms with E-state index in [-0.39, 0.29) is 5.91 Å². The molecule has 3 N–H and O–H groups in total. The first kappa shape index (κ1) is 9.48. The lowest BCUT2D eigenvalue weighted by Crippen LogP contribution is -2.52. The number of hydrogen-bond donors (Lipinski definition) is 2. The average Bonchev–Trinajstić information content (AvgIpc) is 2.05. The van der Waals surface area contributed by atoms with Crippen LogP contribution in [-0.2, 0) is 4.79 Å². The molecule has 1 amide bonds. The largest absolute Gasteiger partial charge is 0.337 e.